The van der Waals surface area contributed by atoms with Crippen LogP contribution in [0.5, 0.6) is 5.75 Å². The van der Waals surface area contributed by atoms with Crippen LogP contribution in [0.2, 0.25) is 0 Å². The first kappa shape index (κ1) is 18.7. The number of ether oxygens (including phenoxy) is 2. The Kier molecular flexibility index (Phi) is 4.71. The number of benzene rings is 1. The highest BCUT2D eigenvalue weighted by molar-refractivity contribution is 7.13. The molecule has 6 nitrogen and oxygen atoms in total. The van der Waals surface area contributed by atoms with E-state index in [-0.39, 0.29) is 12.2 Å². The maximum absolute atomic E-state index is 12.1. The van der Waals surface area contributed by atoms with Crippen LogP contribution < -0.4 is 4.74 Å². The van der Waals surface area contributed by atoms with Crippen molar-refractivity contribution in [3.8, 4) is 16.2 Å². The lowest BCUT2D eigenvalue weighted by Crippen LogP contribution is -2.57. The Hall–Kier alpha value is -2.67. The van der Waals surface area contributed by atoms with E-state index < -0.39 is 5.60 Å². The SMILES string of the molecule is Cc1ncc2ccc(-c3cncs3)cc2c1OC1CN(C(=O)OC(C)(C)C)C1. The second kappa shape index (κ2) is 7.05. The minimum absolute atomic E-state index is 0.0642. The molecular formula is C21H23N3O3S. The molecule has 0 unspecified atom stereocenters. The zero-order valence-electron chi connectivity index (χ0n) is 16.4. The van der Waals surface area contributed by atoms with E-state index >= 15 is 0 Å². The summed E-state index contributed by atoms with van der Waals surface area (Å²) in [5.74, 6) is 0.776. The van der Waals surface area contributed by atoms with Crippen molar-refractivity contribution in [1.29, 1.82) is 0 Å². The van der Waals surface area contributed by atoms with Gasteiger partial charge in [-0.05, 0) is 39.3 Å². The van der Waals surface area contributed by atoms with Gasteiger partial charge in [0, 0.05) is 23.2 Å². The van der Waals surface area contributed by atoms with Crippen molar-refractivity contribution in [2.45, 2.75) is 39.4 Å². The number of carbonyl (C=O) groups excluding carboxylic acids is 1. The highest BCUT2D eigenvalue weighted by atomic mass is 32.1. The van der Waals surface area contributed by atoms with Gasteiger partial charge in [0.25, 0.3) is 0 Å². The number of hydrogen-bond acceptors (Lipinski definition) is 6. The number of rotatable bonds is 3. The average molecular weight is 398 g/mol. The summed E-state index contributed by atoms with van der Waals surface area (Å²) in [6.07, 6.45) is 3.37. The summed E-state index contributed by atoms with van der Waals surface area (Å²) in [7, 11) is 0. The van der Waals surface area contributed by atoms with Crippen molar-refractivity contribution in [2.24, 2.45) is 0 Å². The van der Waals surface area contributed by atoms with Crippen molar-refractivity contribution in [3.63, 3.8) is 0 Å². The average Bonchev–Trinajstić information content (AvgIpc) is 3.11. The van der Waals surface area contributed by atoms with Crippen LogP contribution in [0.1, 0.15) is 26.5 Å². The third-order valence-electron chi connectivity index (χ3n) is 4.52. The van der Waals surface area contributed by atoms with Crippen molar-refractivity contribution in [2.75, 3.05) is 13.1 Å². The van der Waals surface area contributed by atoms with Gasteiger partial charge in [0.05, 0.1) is 29.2 Å². The zero-order chi connectivity index (χ0) is 19.9. The molecule has 146 valence electrons. The molecule has 2 aromatic heterocycles. The van der Waals surface area contributed by atoms with Gasteiger partial charge in [0.2, 0.25) is 0 Å². The lowest BCUT2D eigenvalue weighted by Gasteiger charge is -2.39. The van der Waals surface area contributed by atoms with E-state index in [9.17, 15) is 4.79 Å². The predicted octanol–water partition coefficient (Wildman–Crippen LogP) is 4.66. The molecule has 1 aliphatic rings. The number of aromatic nitrogens is 2. The molecule has 0 atom stereocenters. The van der Waals surface area contributed by atoms with E-state index in [2.05, 4.69) is 28.2 Å². The maximum Gasteiger partial charge on any atom is 0.410 e. The lowest BCUT2D eigenvalue weighted by molar-refractivity contribution is -0.0219. The van der Waals surface area contributed by atoms with Crippen LogP contribution in [-0.4, -0.2) is 45.8 Å². The lowest BCUT2D eigenvalue weighted by atomic mass is 10.1. The second-order valence-electron chi connectivity index (χ2n) is 7.97. The molecule has 0 radical (unpaired) electrons. The molecule has 1 aromatic carbocycles. The Balaban J connectivity index is 1.53. The first-order valence-corrected chi connectivity index (χ1v) is 10.1. The van der Waals surface area contributed by atoms with Gasteiger partial charge in [-0.25, -0.2) is 4.79 Å². The van der Waals surface area contributed by atoms with Crippen molar-refractivity contribution in [1.82, 2.24) is 14.9 Å². The number of likely N-dealkylation sites (tertiary alicyclic amines) is 1. The quantitative estimate of drug-likeness (QED) is 0.643. The van der Waals surface area contributed by atoms with E-state index in [1.807, 2.05) is 45.6 Å². The number of hydrogen-bond donors (Lipinski definition) is 0. The van der Waals surface area contributed by atoms with Gasteiger partial charge in [-0.2, -0.15) is 0 Å². The predicted molar refractivity (Wildman–Crippen MR) is 110 cm³/mol. The summed E-state index contributed by atoms with van der Waals surface area (Å²) >= 11 is 1.61. The van der Waals surface area contributed by atoms with Crippen molar-refractivity contribution in [3.05, 3.63) is 41.8 Å². The maximum atomic E-state index is 12.1. The van der Waals surface area contributed by atoms with Crippen LogP contribution >= 0.6 is 11.3 Å². The molecule has 28 heavy (non-hydrogen) atoms. The van der Waals surface area contributed by atoms with Gasteiger partial charge in [-0.3, -0.25) is 9.97 Å². The summed E-state index contributed by atoms with van der Waals surface area (Å²) in [6, 6.07) is 6.25. The Morgan fingerprint density at radius 3 is 2.71 bits per heavy atom. The van der Waals surface area contributed by atoms with Gasteiger partial charge in [0.1, 0.15) is 17.5 Å². The Morgan fingerprint density at radius 2 is 2.04 bits per heavy atom. The first-order valence-electron chi connectivity index (χ1n) is 9.23. The molecule has 3 aromatic rings. The number of nitrogens with zero attached hydrogens (tertiary/aromatic N) is 3. The van der Waals surface area contributed by atoms with Crippen LogP contribution in [-0.2, 0) is 4.74 Å². The van der Waals surface area contributed by atoms with Crippen LogP contribution in [0.4, 0.5) is 4.79 Å². The smallest absolute Gasteiger partial charge is 0.410 e. The third-order valence-corrected chi connectivity index (χ3v) is 5.35. The number of amides is 1. The summed E-state index contributed by atoms with van der Waals surface area (Å²) in [5, 5.41) is 2.05. The van der Waals surface area contributed by atoms with Gasteiger partial charge in [-0.15, -0.1) is 11.3 Å². The highest BCUT2D eigenvalue weighted by Crippen LogP contribution is 2.34. The minimum Gasteiger partial charge on any atom is -0.484 e. The molecule has 0 bridgehead atoms. The second-order valence-corrected chi connectivity index (χ2v) is 8.85. The molecule has 0 aliphatic carbocycles. The fourth-order valence-electron chi connectivity index (χ4n) is 3.10. The summed E-state index contributed by atoms with van der Waals surface area (Å²) < 4.78 is 11.7. The van der Waals surface area contributed by atoms with Gasteiger partial charge < -0.3 is 14.4 Å². The standard InChI is InChI=1S/C21H23N3O3S/c1-13-19(26-16-10-24(11-16)20(25)27-21(2,3)4)17-7-14(18-9-22-12-28-18)5-6-15(17)8-23-13/h5-9,12,16H,10-11H2,1-4H3. The van der Waals surface area contributed by atoms with Crippen LogP contribution in [0.25, 0.3) is 21.2 Å². The Morgan fingerprint density at radius 1 is 1.25 bits per heavy atom. The van der Waals surface area contributed by atoms with Crippen LogP contribution in [0, 0.1) is 6.92 Å². The number of carbonyl (C=O) groups is 1. The molecule has 1 aliphatic heterocycles. The van der Waals surface area contributed by atoms with E-state index in [0.717, 1.165) is 32.7 Å². The zero-order valence-corrected chi connectivity index (χ0v) is 17.2. The van der Waals surface area contributed by atoms with E-state index in [0.29, 0.717) is 13.1 Å². The van der Waals surface area contributed by atoms with Gasteiger partial charge in [-0.1, -0.05) is 12.1 Å². The fourth-order valence-corrected chi connectivity index (χ4v) is 3.72. The molecule has 7 heteroatoms. The van der Waals surface area contributed by atoms with E-state index in [1.54, 1.807) is 16.2 Å². The largest absolute Gasteiger partial charge is 0.484 e. The number of aryl methyl sites for hydroxylation is 1. The van der Waals surface area contributed by atoms with Crippen LogP contribution in [0.15, 0.2) is 36.1 Å². The Labute approximate surface area is 168 Å². The molecule has 1 saturated heterocycles. The molecule has 0 saturated carbocycles. The summed E-state index contributed by atoms with van der Waals surface area (Å²) in [6.45, 7) is 8.57. The normalized spacial score (nSPS) is 14.8. The summed E-state index contributed by atoms with van der Waals surface area (Å²) in [5.41, 5.74) is 3.28. The molecule has 1 fully saturated rings. The first-order chi connectivity index (χ1) is 13.3. The van der Waals surface area contributed by atoms with Crippen LogP contribution in [0.3, 0.4) is 0 Å². The molecule has 0 N–H and O–H groups in total. The number of pyridine rings is 1. The number of thiazole rings is 1. The fraction of sp³-hybridized carbons (Fsp3) is 0.381. The van der Waals surface area contributed by atoms with Gasteiger partial charge in [0.15, 0.2) is 0 Å². The Bertz CT molecular complexity index is 1010. The molecule has 1 amide bonds. The number of fused-ring (bicyclic) bond motifs is 1. The third kappa shape index (κ3) is 3.80. The molecule has 0 spiro atoms. The molecule has 3 heterocycles. The van der Waals surface area contributed by atoms with Gasteiger partial charge >= 0.3 is 6.09 Å². The minimum atomic E-state index is -0.494. The topological polar surface area (TPSA) is 64.6 Å². The highest BCUT2D eigenvalue weighted by Gasteiger charge is 2.35. The monoisotopic (exact) mass is 397 g/mol. The van der Waals surface area contributed by atoms with Crippen molar-refractivity contribution >= 4 is 28.2 Å². The summed E-state index contributed by atoms with van der Waals surface area (Å²) in [4.78, 5) is 23.5. The van der Waals surface area contributed by atoms with E-state index in [1.165, 1.54) is 0 Å². The van der Waals surface area contributed by atoms with E-state index in [4.69, 9.17) is 9.47 Å². The molecule has 4 rings (SSSR count). The molecular weight excluding hydrogens is 374 g/mol. The van der Waals surface area contributed by atoms with Crippen molar-refractivity contribution < 1.29 is 14.3 Å².